The molecule has 0 aliphatic carbocycles. The van der Waals surface area contributed by atoms with E-state index in [1.54, 1.807) is 0 Å². The molecule has 708 valence electrons. The summed E-state index contributed by atoms with van der Waals surface area (Å²) in [5.74, 6) is 53.8. The molecule has 1 aliphatic heterocycles. The SMILES string of the molecule is Brc1ccccc1I.C#CC#Cc1ccc(OCC(C)C)cc1.CC(C)COc1ccc(C#CC#C[Si](C)(C)C)cc1.CC(C)COc1ccc(C#CC#Cc2ccccc2-c2ccc3ccccc3c2)cc1.CC(C)COc1ccc(C#CC#Cc2ccccc2Br)cc1.CC(C)COc1ccc(I)cc1.CC1(C)OB(c2ccc3ccccc3c2)OC1(C)C.C[Si](C)(C)C#CC#C[Si](C)(C)C. The summed E-state index contributed by atoms with van der Waals surface area (Å²) in [6.07, 6.45) is 5.04. The molecule has 1 saturated heterocycles. The minimum absolute atomic E-state index is 0.283. The molecule has 13 rings (SSSR count). The van der Waals surface area contributed by atoms with E-state index in [9.17, 15) is 0 Å². The fourth-order valence-corrected chi connectivity index (χ4v) is 13.9. The van der Waals surface area contributed by atoms with E-state index in [-0.39, 0.29) is 18.3 Å². The van der Waals surface area contributed by atoms with Crippen LogP contribution in [0.3, 0.4) is 0 Å². The van der Waals surface area contributed by atoms with Gasteiger partial charge >= 0.3 is 7.12 Å². The molecule has 1 aliphatic rings. The first kappa shape index (κ1) is 116. The van der Waals surface area contributed by atoms with Gasteiger partial charge in [-0.3, -0.25) is 0 Å². The molecule has 0 spiro atoms. The zero-order chi connectivity index (χ0) is 101. The van der Waals surface area contributed by atoms with E-state index in [4.69, 9.17) is 39.4 Å². The third-order valence-corrected chi connectivity index (χ3v) is 25.4. The van der Waals surface area contributed by atoms with Gasteiger partial charge in [-0.25, -0.2) is 0 Å². The predicted octanol–water partition coefficient (Wildman–Crippen LogP) is 30.8. The second-order valence-corrected chi connectivity index (χ2v) is 56.8. The largest absolute Gasteiger partial charge is 0.494 e. The molecule has 0 unspecified atom stereocenters. The normalized spacial score (nSPS) is 11.4. The highest BCUT2D eigenvalue weighted by atomic mass is 127. The number of ether oxygens (including phenoxy) is 5. The Labute approximate surface area is 875 Å². The van der Waals surface area contributed by atoms with E-state index in [1.165, 1.54) is 33.2 Å². The van der Waals surface area contributed by atoms with Crippen LogP contribution in [0.5, 0.6) is 28.7 Å². The molecule has 12 aromatic rings. The summed E-state index contributed by atoms with van der Waals surface area (Å²) in [4.78, 5) is 0. The lowest BCUT2D eigenvalue weighted by Gasteiger charge is -2.32. The summed E-state index contributed by atoms with van der Waals surface area (Å²) in [5, 5.41) is 4.92. The van der Waals surface area contributed by atoms with Crippen LogP contribution in [0.1, 0.15) is 130 Å². The molecule has 1 heterocycles. The van der Waals surface area contributed by atoms with Crippen LogP contribution in [0.25, 0.3) is 32.7 Å². The second-order valence-electron chi connectivity index (χ2n) is 38.4. The minimum atomic E-state index is -1.31. The van der Waals surface area contributed by atoms with E-state index in [1.807, 2.05) is 170 Å². The van der Waals surface area contributed by atoms with Gasteiger partial charge < -0.3 is 33.0 Å². The highest BCUT2D eigenvalue weighted by Gasteiger charge is 2.51. The van der Waals surface area contributed by atoms with E-state index >= 15 is 0 Å². The van der Waals surface area contributed by atoms with Crippen molar-refractivity contribution < 1.29 is 33.0 Å². The Kier molecular flexibility index (Phi) is 50.8. The average Bonchev–Trinajstić information content (AvgIpc) is 1.61. The Balaban J connectivity index is 0.000000249. The van der Waals surface area contributed by atoms with Gasteiger partial charge in [0.05, 0.1) is 44.2 Å². The van der Waals surface area contributed by atoms with Crippen LogP contribution >= 0.6 is 77.0 Å². The third kappa shape index (κ3) is 48.4. The Morgan fingerprint density at radius 2 is 0.616 bits per heavy atom. The minimum Gasteiger partial charge on any atom is -0.493 e. The van der Waals surface area contributed by atoms with Crippen LogP contribution in [0, 0.1) is 155 Å². The van der Waals surface area contributed by atoms with Crippen molar-refractivity contribution in [3.05, 3.63) is 329 Å². The first-order chi connectivity index (χ1) is 65.5. The average molecular weight is 2230 g/mol. The van der Waals surface area contributed by atoms with Crippen LogP contribution in [0.2, 0.25) is 58.9 Å². The van der Waals surface area contributed by atoms with Crippen molar-refractivity contribution in [2.24, 2.45) is 29.6 Å². The molecule has 12 aromatic carbocycles. The van der Waals surface area contributed by atoms with Crippen molar-refractivity contribution in [3.63, 3.8) is 0 Å². The summed E-state index contributed by atoms with van der Waals surface area (Å²) < 4.78 is 44.8. The molecule has 0 amide bonds. The lowest BCUT2D eigenvalue weighted by Crippen LogP contribution is -2.41. The van der Waals surface area contributed by atoms with Gasteiger partial charge in [0, 0.05) is 49.5 Å². The van der Waals surface area contributed by atoms with E-state index < -0.39 is 24.2 Å². The summed E-state index contributed by atoms with van der Waals surface area (Å²) in [7, 11) is -4.00. The lowest BCUT2D eigenvalue weighted by molar-refractivity contribution is 0.00578. The Bertz CT molecular complexity index is 6450. The van der Waals surface area contributed by atoms with Crippen molar-refractivity contribution in [1.82, 2.24) is 0 Å². The molecule has 7 nitrogen and oxygen atoms in total. The Morgan fingerprint density at radius 3 is 0.971 bits per heavy atom. The molecule has 138 heavy (non-hydrogen) atoms. The van der Waals surface area contributed by atoms with Gasteiger partial charge in [0.25, 0.3) is 0 Å². The number of hydrogen-bond acceptors (Lipinski definition) is 7. The van der Waals surface area contributed by atoms with Gasteiger partial charge in [0.2, 0.25) is 0 Å². The first-order valence-corrected chi connectivity index (χ1v) is 60.7. The number of rotatable bonds is 17. The smallest absolute Gasteiger partial charge is 0.493 e. The van der Waals surface area contributed by atoms with E-state index in [0.717, 1.165) is 110 Å². The van der Waals surface area contributed by atoms with Crippen molar-refractivity contribution in [1.29, 1.82) is 0 Å². The molecular formula is C123H131BBr2I2O7Si3. The number of fused-ring (bicyclic) bond motifs is 2. The fourth-order valence-electron chi connectivity index (χ4n) is 11.2. The lowest BCUT2D eigenvalue weighted by atomic mass is 9.78. The topological polar surface area (TPSA) is 64.6 Å². The van der Waals surface area contributed by atoms with Crippen LogP contribution in [0.15, 0.2) is 288 Å². The van der Waals surface area contributed by atoms with E-state index in [0.29, 0.717) is 36.2 Å². The number of terminal acetylenes is 1. The van der Waals surface area contributed by atoms with Gasteiger partial charge in [-0.15, -0.1) is 23.1 Å². The second kappa shape index (κ2) is 60.6. The van der Waals surface area contributed by atoms with Crippen LogP contribution < -0.4 is 29.1 Å². The highest BCUT2D eigenvalue weighted by molar-refractivity contribution is 14.1. The van der Waals surface area contributed by atoms with Crippen molar-refractivity contribution in [3.8, 4) is 158 Å². The molecular weight excluding hydrogens is 2100 g/mol. The first-order valence-electron chi connectivity index (χ1n) is 46.5. The van der Waals surface area contributed by atoms with Crippen LogP contribution in [-0.2, 0) is 9.31 Å². The van der Waals surface area contributed by atoms with Crippen LogP contribution in [-0.4, -0.2) is 75.6 Å². The highest BCUT2D eigenvalue weighted by Crippen LogP contribution is 2.37. The fraction of sp³-hybridized carbons (Fsp3) is 0.285. The molecule has 0 saturated carbocycles. The summed E-state index contributed by atoms with van der Waals surface area (Å²) in [6, 6.07) is 93.0. The number of halogens is 4. The van der Waals surface area contributed by atoms with Crippen molar-refractivity contribution in [2.45, 2.75) is 167 Å². The molecule has 0 atom stereocenters. The zero-order valence-corrected chi connectivity index (χ0v) is 95.0. The van der Waals surface area contributed by atoms with Gasteiger partial charge in [0.1, 0.15) is 53.0 Å². The third-order valence-electron chi connectivity index (χ3n) is 19.0. The van der Waals surface area contributed by atoms with Crippen molar-refractivity contribution in [2.75, 3.05) is 33.0 Å². The standard InChI is InChI=1S/C30H24O.C20H17BrO.C17H22OSi.C16H19BO2.C14H14O.C10H13IO.C10H18Si2.C6H4BrI/c1-23(2)22-31-29-19-15-24(16-20-29)9-3-4-11-26-12-7-8-14-30(26)28-18-17-25-10-5-6-13-27(25)21-28;1-16(2)15-22-19-13-11-17(12-14-19)7-3-4-8-18-9-5-6-10-20(18)21;1-15(2)14-18-17-11-9-16(10-12-17)8-6-7-13-19(3,4)5;1-15(2)16(3,4)19-17(18-15)14-10-9-12-7-5-6-8-13(12)11-14;1-4-5-6-13-7-9-14(10-8-13)15-11-12(2)3;1-8(2)7-12-10-5-3-9(11)4-6-10;1-11(2,3)9-7-8-10-12(4,5)6;7-5-3-1-2-4-6(5)8/h5-8,10,12-21,23H,22H2,1-2H3;5-6,9-14,16H,15H2,1-2H3;9-12,15H,14H2,1-5H3;5-11H,1-4H3;1,7-10,12H,11H2,2-3H3;3-6,8H,7H2,1-2H3;1-6H3;1-4H. The molecule has 0 N–H and O–H groups in total. The monoisotopic (exact) mass is 2230 g/mol. The number of benzene rings is 12. The van der Waals surface area contributed by atoms with Gasteiger partial charge in [-0.2, -0.15) is 0 Å². The maximum atomic E-state index is 6.08. The molecule has 1 fully saturated rings. The molecule has 15 heteroatoms. The molecule has 0 aromatic heterocycles. The zero-order valence-electron chi connectivity index (χ0n) is 84.5. The summed E-state index contributed by atoms with van der Waals surface area (Å²) >= 11 is 11.4. The van der Waals surface area contributed by atoms with Gasteiger partial charge in [-0.05, 0) is 389 Å². The van der Waals surface area contributed by atoms with Crippen LogP contribution in [0.4, 0.5) is 0 Å². The van der Waals surface area contributed by atoms with E-state index in [2.05, 4.69) is 453 Å². The van der Waals surface area contributed by atoms with Gasteiger partial charge in [-0.1, -0.05) is 285 Å². The maximum Gasteiger partial charge on any atom is 0.494 e. The Morgan fingerprint density at radius 1 is 0.319 bits per heavy atom. The Hall–Kier alpha value is -11.2. The summed E-state index contributed by atoms with van der Waals surface area (Å²) in [6.45, 7) is 53.4. The van der Waals surface area contributed by atoms with Gasteiger partial charge in [0.15, 0.2) is 0 Å². The molecule has 0 radical (unpaired) electrons. The number of hydrogen-bond donors (Lipinski definition) is 0. The summed E-state index contributed by atoms with van der Waals surface area (Å²) in [5.41, 5.74) is 18.1. The van der Waals surface area contributed by atoms with Crippen molar-refractivity contribution >= 4 is 135 Å². The molecule has 0 bridgehead atoms. The quantitative estimate of drug-likeness (QED) is 0.0511. The predicted molar refractivity (Wildman–Crippen MR) is 620 cm³/mol. The maximum absolute atomic E-state index is 6.08.